The quantitative estimate of drug-likeness (QED) is 0.922. The van der Waals surface area contributed by atoms with E-state index in [2.05, 4.69) is 21.0 Å². The second kappa shape index (κ2) is 5.22. The number of halogens is 2. The number of benzene rings is 1. The van der Waals surface area contributed by atoms with Gasteiger partial charge >= 0.3 is 5.97 Å². The number of carboxylic acid groups (broad SMARTS) is 1. The van der Waals surface area contributed by atoms with Crippen molar-refractivity contribution in [1.29, 1.82) is 0 Å². The molecule has 0 aliphatic carbocycles. The lowest BCUT2D eigenvalue weighted by molar-refractivity contribution is 0.0693. The zero-order valence-corrected chi connectivity index (χ0v) is 12.5. The first-order chi connectivity index (χ1) is 8.90. The van der Waals surface area contributed by atoms with Crippen molar-refractivity contribution in [2.45, 2.75) is 6.92 Å². The molecule has 1 aromatic heterocycles. The highest BCUT2D eigenvalue weighted by atomic mass is 79.9. The summed E-state index contributed by atoms with van der Waals surface area (Å²) in [6.07, 6.45) is 0. The van der Waals surface area contributed by atoms with E-state index in [1.807, 2.05) is 0 Å². The third kappa shape index (κ3) is 2.74. The summed E-state index contributed by atoms with van der Waals surface area (Å²) in [5.41, 5.74) is 0.444. The van der Waals surface area contributed by atoms with Gasteiger partial charge < -0.3 is 9.84 Å². The van der Waals surface area contributed by atoms with Crippen LogP contribution in [-0.2, 0) is 7.05 Å². The van der Waals surface area contributed by atoms with Crippen molar-refractivity contribution in [1.82, 2.24) is 9.78 Å². The summed E-state index contributed by atoms with van der Waals surface area (Å²) in [6, 6.07) is 4.98. The summed E-state index contributed by atoms with van der Waals surface area (Å²) in [7, 11) is 1.62. The van der Waals surface area contributed by atoms with Gasteiger partial charge in [-0.15, -0.1) is 0 Å². The molecule has 0 saturated carbocycles. The molecule has 0 saturated heterocycles. The number of rotatable bonds is 3. The van der Waals surface area contributed by atoms with E-state index in [-0.39, 0.29) is 11.4 Å². The van der Waals surface area contributed by atoms with Crippen molar-refractivity contribution in [3.63, 3.8) is 0 Å². The number of nitrogens with zero attached hydrogens (tertiary/aromatic N) is 2. The van der Waals surface area contributed by atoms with Gasteiger partial charge in [0.1, 0.15) is 11.3 Å². The molecule has 1 aromatic carbocycles. The molecule has 0 aliphatic heterocycles. The van der Waals surface area contributed by atoms with Gasteiger partial charge in [0.2, 0.25) is 5.88 Å². The van der Waals surface area contributed by atoms with Crippen LogP contribution in [0.15, 0.2) is 22.7 Å². The smallest absolute Gasteiger partial charge is 0.343 e. The molecule has 0 radical (unpaired) electrons. The minimum atomic E-state index is -1.08. The highest BCUT2D eigenvalue weighted by Gasteiger charge is 2.22. The zero-order chi connectivity index (χ0) is 14.2. The fourth-order valence-electron chi connectivity index (χ4n) is 1.66. The van der Waals surface area contributed by atoms with E-state index < -0.39 is 5.97 Å². The third-order valence-corrected chi connectivity index (χ3v) is 3.34. The number of aryl methyl sites for hydroxylation is 2. The van der Waals surface area contributed by atoms with Crippen LogP contribution in [0.4, 0.5) is 0 Å². The fraction of sp³-hybridized carbons (Fsp3) is 0.167. The Morgan fingerprint density at radius 3 is 2.79 bits per heavy atom. The SMILES string of the molecule is Cc1nn(C)c(Oc2ccc(Cl)cc2Br)c1C(=O)O. The minimum Gasteiger partial charge on any atom is -0.477 e. The summed E-state index contributed by atoms with van der Waals surface area (Å²) in [4.78, 5) is 11.2. The van der Waals surface area contributed by atoms with Gasteiger partial charge in [-0.2, -0.15) is 5.10 Å². The highest BCUT2D eigenvalue weighted by Crippen LogP contribution is 2.33. The van der Waals surface area contributed by atoms with Crippen LogP contribution in [-0.4, -0.2) is 20.9 Å². The number of aromatic nitrogens is 2. The lowest BCUT2D eigenvalue weighted by Gasteiger charge is -2.09. The van der Waals surface area contributed by atoms with Gasteiger partial charge in [-0.05, 0) is 41.1 Å². The average molecular weight is 346 g/mol. The third-order valence-electron chi connectivity index (χ3n) is 2.48. The molecule has 0 bridgehead atoms. The number of hydrogen-bond donors (Lipinski definition) is 1. The van der Waals surface area contributed by atoms with Crippen LogP contribution in [0.25, 0.3) is 0 Å². The van der Waals surface area contributed by atoms with E-state index in [4.69, 9.17) is 16.3 Å². The van der Waals surface area contributed by atoms with E-state index in [0.717, 1.165) is 0 Å². The Balaban J connectivity index is 2.46. The summed E-state index contributed by atoms with van der Waals surface area (Å²) in [5.74, 6) is -0.436. The molecule has 1 heterocycles. The molecule has 5 nitrogen and oxygen atoms in total. The molecule has 19 heavy (non-hydrogen) atoms. The summed E-state index contributed by atoms with van der Waals surface area (Å²) < 4.78 is 7.65. The molecule has 2 aromatic rings. The van der Waals surface area contributed by atoms with Crippen LogP contribution < -0.4 is 4.74 Å². The molecule has 1 N–H and O–H groups in total. The predicted molar refractivity (Wildman–Crippen MR) is 74.1 cm³/mol. The van der Waals surface area contributed by atoms with Crippen LogP contribution in [0.3, 0.4) is 0 Å². The topological polar surface area (TPSA) is 64.4 Å². The van der Waals surface area contributed by atoms with Crippen LogP contribution >= 0.6 is 27.5 Å². The van der Waals surface area contributed by atoms with Gasteiger partial charge in [0, 0.05) is 12.1 Å². The molecule has 0 aliphatic rings. The first-order valence-corrected chi connectivity index (χ1v) is 6.47. The van der Waals surface area contributed by atoms with Gasteiger partial charge in [0.05, 0.1) is 10.2 Å². The molecule has 7 heteroatoms. The molecule has 100 valence electrons. The minimum absolute atomic E-state index is 0.0457. The van der Waals surface area contributed by atoms with Crippen LogP contribution in [0.1, 0.15) is 16.1 Å². The van der Waals surface area contributed by atoms with Crippen LogP contribution in [0.5, 0.6) is 11.6 Å². The zero-order valence-electron chi connectivity index (χ0n) is 10.1. The lowest BCUT2D eigenvalue weighted by atomic mass is 10.2. The Morgan fingerprint density at radius 1 is 1.53 bits per heavy atom. The van der Waals surface area contributed by atoms with Gasteiger partial charge in [0.25, 0.3) is 0 Å². The van der Waals surface area contributed by atoms with Crippen molar-refractivity contribution >= 4 is 33.5 Å². The van der Waals surface area contributed by atoms with E-state index >= 15 is 0 Å². The molecule has 0 atom stereocenters. The van der Waals surface area contributed by atoms with E-state index in [1.165, 1.54) is 4.68 Å². The predicted octanol–water partition coefficient (Wildman–Crippen LogP) is 3.63. The Labute approximate surface area is 122 Å². The Morgan fingerprint density at radius 2 is 2.21 bits per heavy atom. The summed E-state index contributed by atoms with van der Waals surface area (Å²) >= 11 is 9.15. The molecular formula is C12H10BrClN2O3. The van der Waals surface area contributed by atoms with Gasteiger partial charge in [-0.1, -0.05) is 11.6 Å². The maximum atomic E-state index is 11.2. The highest BCUT2D eigenvalue weighted by molar-refractivity contribution is 9.10. The fourth-order valence-corrected chi connectivity index (χ4v) is 2.43. The molecule has 0 spiro atoms. The molecule has 0 amide bonds. The maximum Gasteiger partial charge on any atom is 0.343 e. The molecule has 0 unspecified atom stereocenters. The molecule has 0 fully saturated rings. The molecule has 2 rings (SSSR count). The Hall–Kier alpha value is -1.53. The first-order valence-electron chi connectivity index (χ1n) is 5.30. The van der Waals surface area contributed by atoms with Gasteiger partial charge in [-0.25, -0.2) is 9.48 Å². The number of ether oxygens (including phenoxy) is 1. The van der Waals surface area contributed by atoms with Crippen molar-refractivity contribution in [2.24, 2.45) is 7.05 Å². The van der Waals surface area contributed by atoms with Crippen molar-refractivity contribution in [3.05, 3.63) is 39.0 Å². The van der Waals surface area contributed by atoms with Gasteiger partial charge in [0.15, 0.2) is 0 Å². The standard InChI is InChI=1S/C12H10BrClN2O3/c1-6-10(12(17)18)11(16(2)15-6)19-9-4-3-7(14)5-8(9)13/h3-5H,1-2H3,(H,17,18). The molecular weight excluding hydrogens is 336 g/mol. The van der Waals surface area contributed by atoms with E-state index in [9.17, 15) is 9.90 Å². The van der Waals surface area contributed by atoms with Crippen LogP contribution in [0.2, 0.25) is 5.02 Å². The Bertz CT molecular complexity index is 655. The van der Waals surface area contributed by atoms with Gasteiger partial charge in [-0.3, -0.25) is 0 Å². The van der Waals surface area contributed by atoms with E-state index in [1.54, 1.807) is 32.2 Å². The summed E-state index contributed by atoms with van der Waals surface area (Å²) in [5, 5.41) is 13.8. The second-order valence-corrected chi connectivity index (χ2v) is 5.16. The maximum absolute atomic E-state index is 11.2. The monoisotopic (exact) mass is 344 g/mol. The normalized spacial score (nSPS) is 10.5. The number of carboxylic acids is 1. The van der Waals surface area contributed by atoms with Crippen LogP contribution in [0, 0.1) is 6.92 Å². The lowest BCUT2D eigenvalue weighted by Crippen LogP contribution is -2.02. The number of aromatic carboxylic acids is 1. The first kappa shape index (κ1) is 13.9. The number of carbonyl (C=O) groups is 1. The van der Waals surface area contributed by atoms with Crippen molar-refractivity contribution in [3.8, 4) is 11.6 Å². The second-order valence-electron chi connectivity index (χ2n) is 3.87. The van der Waals surface area contributed by atoms with E-state index in [0.29, 0.717) is 20.9 Å². The number of hydrogen-bond acceptors (Lipinski definition) is 3. The largest absolute Gasteiger partial charge is 0.477 e. The average Bonchev–Trinajstić information content (AvgIpc) is 2.57. The Kier molecular flexibility index (Phi) is 3.82. The van der Waals surface area contributed by atoms with Crippen molar-refractivity contribution < 1.29 is 14.6 Å². The van der Waals surface area contributed by atoms with Crippen molar-refractivity contribution in [2.75, 3.05) is 0 Å². The summed E-state index contributed by atoms with van der Waals surface area (Å²) in [6.45, 7) is 1.62.